The van der Waals surface area contributed by atoms with E-state index in [0.29, 0.717) is 0 Å². The highest BCUT2D eigenvalue weighted by atomic mass is 16.5. The van der Waals surface area contributed by atoms with Gasteiger partial charge < -0.3 is 4.74 Å². The number of hydrogen-bond donors (Lipinski definition) is 0. The van der Waals surface area contributed by atoms with Crippen LogP contribution in [0, 0.1) is 11.3 Å². The van der Waals surface area contributed by atoms with Gasteiger partial charge in [-0.25, -0.2) is 0 Å². The second-order valence-electron chi connectivity index (χ2n) is 2.83. The standard InChI is InChI=1S/C12H11NO2/c13-9-8-12(14)15-10-4-7-11-5-2-1-3-6-11/h1-7H,8,10H2/b7-4+. The van der Waals surface area contributed by atoms with E-state index in [1.54, 1.807) is 12.1 Å². The molecule has 1 aromatic carbocycles. The first-order valence-corrected chi connectivity index (χ1v) is 4.57. The van der Waals surface area contributed by atoms with Gasteiger partial charge in [-0.3, -0.25) is 4.79 Å². The second kappa shape index (κ2) is 6.39. The van der Waals surface area contributed by atoms with E-state index >= 15 is 0 Å². The molecule has 0 saturated heterocycles. The van der Waals surface area contributed by atoms with E-state index in [0.717, 1.165) is 5.56 Å². The lowest BCUT2D eigenvalue weighted by Gasteiger charge is -1.96. The molecule has 0 N–H and O–H groups in total. The van der Waals surface area contributed by atoms with Gasteiger partial charge in [0.2, 0.25) is 0 Å². The van der Waals surface area contributed by atoms with Crippen LogP contribution in [0.2, 0.25) is 0 Å². The Morgan fingerprint density at radius 2 is 2.13 bits per heavy atom. The fourth-order valence-electron chi connectivity index (χ4n) is 1.00. The number of esters is 1. The molecule has 0 spiro atoms. The van der Waals surface area contributed by atoms with E-state index in [9.17, 15) is 4.79 Å². The first-order valence-electron chi connectivity index (χ1n) is 4.57. The summed E-state index contributed by atoms with van der Waals surface area (Å²) in [7, 11) is 0. The number of carbonyl (C=O) groups is 1. The molecule has 15 heavy (non-hydrogen) atoms. The zero-order chi connectivity index (χ0) is 10.9. The van der Waals surface area contributed by atoms with Crippen LogP contribution in [0.15, 0.2) is 36.4 Å². The summed E-state index contributed by atoms with van der Waals surface area (Å²) < 4.78 is 4.76. The zero-order valence-corrected chi connectivity index (χ0v) is 8.22. The highest BCUT2D eigenvalue weighted by Crippen LogP contribution is 2.00. The largest absolute Gasteiger partial charge is 0.461 e. The van der Waals surface area contributed by atoms with Gasteiger partial charge in [-0.05, 0) is 11.6 Å². The van der Waals surface area contributed by atoms with Crippen molar-refractivity contribution in [3.8, 4) is 6.07 Å². The van der Waals surface area contributed by atoms with E-state index in [4.69, 9.17) is 10.00 Å². The third-order valence-electron chi connectivity index (χ3n) is 1.67. The van der Waals surface area contributed by atoms with E-state index in [1.165, 1.54) is 0 Å². The van der Waals surface area contributed by atoms with Crippen molar-refractivity contribution in [1.29, 1.82) is 5.26 Å². The lowest BCUT2D eigenvalue weighted by molar-refractivity contribution is -0.141. The monoisotopic (exact) mass is 201 g/mol. The number of benzene rings is 1. The van der Waals surface area contributed by atoms with Crippen molar-refractivity contribution in [1.82, 2.24) is 0 Å². The number of nitrogens with zero attached hydrogens (tertiary/aromatic N) is 1. The minimum Gasteiger partial charge on any atom is -0.461 e. The van der Waals surface area contributed by atoms with Crippen LogP contribution in [0.5, 0.6) is 0 Å². The summed E-state index contributed by atoms with van der Waals surface area (Å²) in [6.07, 6.45) is 3.41. The van der Waals surface area contributed by atoms with Crippen molar-refractivity contribution in [2.45, 2.75) is 6.42 Å². The average molecular weight is 201 g/mol. The van der Waals surface area contributed by atoms with E-state index in [1.807, 2.05) is 36.4 Å². The maximum atomic E-state index is 10.8. The van der Waals surface area contributed by atoms with Gasteiger partial charge in [-0.1, -0.05) is 36.4 Å². The average Bonchev–Trinajstić information content (AvgIpc) is 2.26. The smallest absolute Gasteiger partial charge is 0.320 e. The van der Waals surface area contributed by atoms with Crippen LogP contribution in [0.3, 0.4) is 0 Å². The summed E-state index contributed by atoms with van der Waals surface area (Å²) >= 11 is 0. The molecule has 0 aliphatic heterocycles. The maximum absolute atomic E-state index is 10.8. The highest BCUT2D eigenvalue weighted by Gasteiger charge is 1.97. The Kier molecular flexibility index (Phi) is 4.68. The molecule has 0 aromatic heterocycles. The summed E-state index contributed by atoms with van der Waals surface area (Å²) in [5.41, 5.74) is 1.05. The molecule has 3 heteroatoms. The van der Waals surface area contributed by atoms with Gasteiger partial charge in [0.05, 0.1) is 6.07 Å². The van der Waals surface area contributed by atoms with Crippen LogP contribution in [0.4, 0.5) is 0 Å². The minimum atomic E-state index is -0.491. The van der Waals surface area contributed by atoms with Crippen molar-refractivity contribution in [3.63, 3.8) is 0 Å². The third-order valence-corrected chi connectivity index (χ3v) is 1.67. The van der Waals surface area contributed by atoms with Crippen molar-refractivity contribution < 1.29 is 9.53 Å². The molecule has 76 valence electrons. The molecule has 0 radical (unpaired) electrons. The molecular formula is C12H11NO2. The predicted molar refractivity (Wildman–Crippen MR) is 56.7 cm³/mol. The Hall–Kier alpha value is -2.08. The quantitative estimate of drug-likeness (QED) is 0.701. The highest BCUT2D eigenvalue weighted by molar-refractivity contribution is 5.71. The lowest BCUT2D eigenvalue weighted by atomic mass is 10.2. The van der Waals surface area contributed by atoms with Crippen molar-refractivity contribution in [2.24, 2.45) is 0 Å². The van der Waals surface area contributed by atoms with Crippen LogP contribution >= 0.6 is 0 Å². The molecule has 0 amide bonds. The fourth-order valence-corrected chi connectivity index (χ4v) is 1.00. The zero-order valence-electron chi connectivity index (χ0n) is 8.22. The van der Waals surface area contributed by atoms with Gasteiger partial charge in [0.25, 0.3) is 0 Å². The third kappa shape index (κ3) is 4.63. The first kappa shape index (κ1) is 11.0. The topological polar surface area (TPSA) is 50.1 Å². The summed E-state index contributed by atoms with van der Waals surface area (Å²) in [5, 5.41) is 8.20. The number of hydrogen-bond acceptors (Lipinski definition) is 3. The summed E-state index contributed by atoms with van der Waals surface area (Å²) in [4.78, 5) is 10.8. The van der Waals surface area contributed by atoms with Gasteiger partial charge in [0, 0.05) is 0 Å². The van der Waals surface area contributed by atoms with Gasteiger partial charge in [0.15, 0.2) is 0 Å². The van der Waals surface area contributed by atoms with E-state index < -0.39 is 5.97 Å². The van der Waals surface area contributed by atoms with Gasteiger partial charge in [0.1, 0.15) is 13.0 Å². The maximum Gasteiger partial charge on any atom is 0.320 e. The Balaban J connectivity index is 2.29. The lowest BCUT2D eigenvalue weighted by Crippen LogP contribution is -2.02. The van der Waals surface area contributed by atoms with Gasteiger partial charge in [-0.15, -0.1) is 0 Å². The fraction of sp³-hybridized carbons (Fsp3) is 0.167. The summed E-state index contributed by atoms with van der Waals surface area (Å²) in [6.45, 7) is 0.204. The molecule has 1 rings (SSSR count). The van der Waals surface area contributed by atoms with Crippen LogP contribution in [-0.4, -0.2) is 12.6 Å². The van der Waals surface area contributed by atoms with Crippen molar-refractivity contribution in [2.75, 3.05) is 6.61 Å². The molecule has 3 nitrogen and oxygen atoms in total. The normalized spacial score (nSPS) is 9.80. The number of carbonyl (C=O) groups excluding carboxylic acids is 1. The van der Waals surface area contributed by atoms with Crippen molar-refractivity contribution in [3.05, 3.63) is 42.0 Å². The molecule has 0 aliphatic rings. The minimum absolute atomic E-state index is 0.195. The molecule has 0 bridgehead atoms. The molecule has 1 aromatic rings. The summed E-state index contributed by atoms with van der Waals surface area (Å²) in [5.74, 6) is -0.491. The van der Waals surface area contributed by atoms with Gasteiger partial charge >= 0.3 is 5.97 Å². The number of nitriles is 1. The predicted octanol–water partition coefficient (Wildman–Crippen LogP) is 2.16. The molecular weight excluding hydrogens is 190 g/mol. The Morgan fingerprint density at radius 3 is 2.80 bits per heavy atom. The van der Waals surface area contributed by atoms with E-state index in [2.05, 4.69) is 0 Å². The molecule has 0 atom stereocenters. The second-order valence-corrected chi connectivity index (χ2v) is 2.83. The number of rotatable bonds is 4. The molecule has 0 aliphatic carbocycles. The van der Waals surface area contributed by atoms with Crippen LogP contribution in [0.1, 0.15) is 12.0 Å². The van der Waals surface area contributed by atoms with Crippen LogP contribution < -0.4 is 0 Å². The molecule has 0 fully saturated rings. The molecule has 0 saturated carbocycles. The van der Waals surface area contributed by atoms with E-state index in [-0.39, 0.29) is 13.0 Å². The molecule has 0 unspecified atom stereocenters. The Labute approximate surface area is 88.6 Å². The number of ether oxygens (including phenoxy) is 1. The SMILES string of the molecule is N#CCC(=O)OC/C=C/c1ccccc1. The van der Waals surface area contributed by atoms with Crippen LogP contribution in [0.25, 0.3) is 6.08 Å². The Bertz CT molecular complexity index is 376. The van der Waals surface area contributed by atoms with Crippen LogP contribution in [-0.2, 0) is 9.53 Å². The molecule has 0 heterocycles. The van der Waals surface area contributed by atoms with Gasteiger partial charge in [-0.2, -0.15) is 5.26 Å². The first-order chi connectivity index (χ1) is 7.33. The Morgan fingerprint density at radius 1 is 1.40 bits per heavy atom. The summed E-state index contributed by atoms with van der Waals surface area (Å²) in [6, 6.07) is 11.4. The van der Waals surface area contributed by atoms with Crippen molar-refractivity contribution >= 4 is 12.0 Å².